The Morgan fingerprint density at radius 3 is 2.44 bits per heavy atom. The maximum absolute atomic E-state index is 12.8. The van der Waals surface area contributed by atoms with Crippen LogP contribution in [0.1, 0.15) is 33.1 Å². The molecule has 5 heterocycles. The molecule has 0 unspecified atom stereocenters. The van der Waals surface area contributed by atoms with Gasteiger partial charge in [-0.3, -0.25) is 9.89 Å². The number of carbonyl (C=O) groups is 1. The summed E-state index contributed by atoms with van der Waals surface area (Å²) in [4.78, 5) is 35.0. The predicted octanol–water partition coefficient (Wildman–Crippen LogP) is 2.84. The normalized spacial score (nSPS) is 13.6. The van der Waals surface area contributed by atoms with Crippen LogP contribution in [0, 0.1) is 13.8 Å². The van der Waals surface area contributed by atoms with Crippen molar-refractivity contribution in [3.8, 4) is 17.3 Å². The smallest absolute Gasteiger partial charge is 0.255 e. The average molecular weight is 485 g/mol. The van der Waals surface area contributed by atoms with E-state index in [-0.39, 0.29) is 5.91 Å². The van der Waals surface area contributed by atoms with Gasteiger partial charge in [0.2, 0.25) is 5.88 Å². The number of nitrogens with zero attached hydrogens (tertiary/aromatic N) is 7. The average Bonchev–Trinajstić information content (AvgIpc) is 3.32. The molecule has 184 valence electrons. The minimum Gasteiger partial charge on any atom is -0.481 e. The standard InChI is InChI=1S/C26H28N8O2/c1-17-12-21(14-22-13-18(2)31-32-22)30-25(29-17)19-4-6-23(27-15-19)33-8-10-34(11-9-33)26(35)20-5-7-24(36-3)28-16-20/h4-7,12-13,15-16H,8-11,14H2,1-3H3,(H,31,32). The third-order valence-electron chi connectivity index (χ3n) is 6.12. The number of anilines is 1. The largest absolute Gasteiger partial charge is 0.481 e. The summed E-state index contributed by atoms with van der Waals surface area (Å²) < 4.78 is 5.07. The molecule has 0 radical (unpaired) electrons. The summed E-state index contributed by atoms with van der Waals surface area (Å²) in [5.41, 5.74) is 5.22. The number of rotatable bonds is 6. The lowest BCUT2D eigenvalue weighted by atomic mass is 10.2. The van der Waals surface area contributed by atoms with Crippen molar-refractivity contribution in [2.45, 2.75) is 20.3 Å². The number of methoxy groups -OCH3 is 1. The van der Waals surface area contributed by atoms with Crippen LogP contribution < -0.4 is 9.64 Å². The fourth-order valence-electron chi connectivity index (χ4n) is 4.26. The van der Waals surface area contributed by atoms with Crippen molar-refractivity contribution in [1.82, 2.24) is 35.0 Å². The number of aromatic amines is 1. The molecular formula is C26H28N8O2. The molecule has 10 heteroatoms. The quantitative estimate of drug-likeness (QED) is 0.445. The minimum atomic E-state index is -0.0227. The number of ether oxygens (including phenoxy) is 1. The van der Waals surface area contributed by atoms with Gasteiger partial charge in [-0.15, -0.1) is 0 Å². The van der Waals surface area contributed by atoms with Crippen LogP contribution in [-0.4, -0.2) is 74.2 Å². The number of amides is 1. The van der Waals surface area contributed by atoms with Crippen LogP contribution in [0.4, 0.5) is 5.82 Å². The molecule has 0 aliphatic carbocycles. The van der Waals surface area contributed by atoms with Gasteiger partial charge in [-0.1, -0.05) is 0 Å². The molecule has 0 aromatic carbocycles. The first-order valence-electron chi connectivity index (χ1n) is 11.8. The highest BCUT2D eigenvalue weighted by molar-refractivity contribution is 5.94. The van der Waals surface area contributed by atoms with Crippen molar-refractivity contribution in [3.05, 3.63) is 77.1 Å². The molecule has 0 bridgehead atoms. The number of piperazine rings is 1. The van der Waals surface area contributed by atoms with Gasteiger partial charge in [-0.2, -0.15) is 5.10 Å². The van der Waals surface area contributed by atoms with Gasteiger partial charge in [-0.25, -0.2) is 19.9 Å². The molecule has 1 aliphatic rings. The first-order valence-corrected chi connectivity index (χ1v) is 11.8. The Morgan fingerprint density at radius 1 is 0.972 bits per heavy atom. The van der Waals surface area contributed by atoms with Crippen LogP contribution >= 0.6 is 0 Å². The molecule has 0 saturated carbocycles. The van der Waals surface area contributed by atoms with Crippen molar-refractivity contribution < 1.29 is 9.53 Å². The maximum atomic E-state index is 12.8. The van der Waals surface area contributed by atoms with Crippen molar-refractivity contribution in [2.24, 2.45) is 0 Å². The van der Waals surface area contributed by atoms with Crippen LogP contribution in [-0.2, 0) is 6.42 Å². The second-order valence-electron chi connectivity index (χ2n) is 8.82. The fraction of sp³-hybridized carbons (Fsp3) is 0.308. The Labute approximate surface area is 209 Å². The molecule has 1 aliphatic heterocycles. The summed E-state index contributed by atoms with van der Waals surface area (Å²) in [6.45, 7) is 6.59. The molecule has 1 saturated heterocycles. The monoisotopic (exact) mass is 484 g/mol. The number of aryl methyl sites for hydroxylation is 2. The lowest BCUT2D eigenvalue weighted by Gasteiger charge is -2.35. The zero-order valence-corrected chi connectivity index (χ0v) is 20.6. The number of H-pyrrole nitrogens is 1. The number of hydrogen-bond donors (Lipinski definition) is 1. The van der Waals surface area contributed by atoms with Gasteiger partial charge < -0.3 is 14.5 Å². The molecule has 0 spiro atoms. The van der Waals surface area contributed by atoms with E-state index in [1.807, 2.05) is 49.2 Å². The number of nitrogens with one attached hydrogen (secondary N) is 1. The Bertz CT molecular complexity index is 1340. The predicted molar refractivity (Wildman–Crippen MR) is 135 cm³/mol. The number of aromatic nitrogens is 6. The van der Waals surface area contributed by atoms with Crippen molar-refractivity contribution >= 4 is 11.7 Å². The Kier molecular flexibility index (Phi) is 6.57. The second-order valence-corrected chi connectivity index (χ2v) is 8.82. The highest BCUT2D eigenvalue weighted by atomic mass is 16.5. The number of hydrogen-bond acceptors (Lipinski definition) is 8. The van der Waals surface area contributed by atoms with E-state index in [9.17, 15) is 4.79 Å². The van der Waals surface area contributed by atoms with E-state index in [1.165, 1.54) is 0 Å². The lowest BCUT2D eigenvalue weighted by molar-refractivity contribution is 0.0746. The molecule has 1 amide bonds. The third kappa shape index (κ3) is 5.17. The van der Waals surface area contributed by atoms with Gasteiger partial charge in [0, 0.05) is 68.0 Å². The van der Waals surface area contributed by atoms with Gasteiger partial charge >= 0.3 is 0 Å². The van der Waals surface area contributed by atoms with Crippen LogP contribution in [0.3, 0.4) is 0 Å². The first kappa shape index (κ1) is 23.4. The molecule has 5 rings (SSSR count). The summed E-state index contributed by atoms with van der Waals surface area (Å²) in [7, 11) is 1.55. The minimum absolute atomic E-state index is 0.0227. The summed E-state index contributed by atoms with van der Waals surface area (Å²) in [5, 5.41) is 7.28. The summed E-state index contributed by atoms with van der Waals surface area (Å²) in [5.74, 6) is 1.99. The zero-order chi connectivity index (χ0) is 25.1. The molecule has 10 nitrogen and oxygen atoms in total. The zero-order valence-electron chi connectivity index (χ0n) is 20.6. The summed E-state index contributed by atoms with van der Waals surface area (Å²) in [6, 6.07) is 11.4. The van der Waals surface area contributed by atoms with E-state index in [1.54, 1.807) is 25.4 Å². The van der Waals surface area contributed by atoms with Crippen molar-refractivity contribution in [2.75, 3.05) is 38.2 Å². The van der Waals surface area contributed by atoms with Crippen molar-refractivity contribution in [1.29, 1.82) is 0 Å². The highest BCUT2D eigenvalue weighted by Crippen LogP contribution is 2.21. The maximum Gasteiger partial charge on any atom is 0.255 e. The molecule has 0 atom stereocenters. The number of pyridine rings is 2. The van der Waals surface area contributed by atoms with Crippen LogP contribution in [0.2, 0.25) is 0 Å². The van der Waals surface area contributed by atoms with E-state index in [0.717, 1.165) is 34.2 Å². The van der Waals surface area contributed by atoms with Gasteiger partial charge in [0.25, 0.3) is 5.91 Å². The van der Waals surface area contributed by atoms with Crippen molar-refractivity contribution in [3.63, 3.8) is 0 Å². The van der Waals surface area contributed by atoms with Gasteiger partial charge in [0.05, 0.1) is 24.1 Å². The van der Waals surface area contributed by atoms with E-state index in [4.69, 9.17) is 9.72 Å². The molecule has 1 fully saturated rings. The lowest BCUT2D eigenvalue weighted by Crippen LogP contribution is -2.49. The van der Waals surface area contributed by atoms with Gasteiger partial charge in [0.1, 0.15) is 5.82 Å². The van der Waals surface area contributed by atoms with E-state index in [2.05, 4.69) is 30.0 Å². The Morgan fingerprint density at radius 2 is 1.81 bits per heavy atom. The molecular weight excluding hydrogens is 456 g/mol. The summed E-state index contributed by atoms with van der Waals surface area (Å²) >= 11 is 0. The highest BCUT2D eigenvalue weighted by Gasteiger charge is 2.23. The second kappa shape index (κ2) is 10.1. The fourth-order valence-corrected chi connectivity index (χ4v) is 4.26. The van der Waals surface area contributed by atoms with Gasteiger partial charge in [0.15, 0.2) is 5.82 Å². The van der Waals surface area contributed by atoms with Crippen LogP contribution in [0.15, 0.2) is 48.8 Å². The van der Waals surface area contributed by atoms with E-state index < -0.39 is 0 Å². The van der Waals surface area contributed by atoms with Crippen LogP contribution in [0.5, 0.6) is 5.88 Å². The third-order valence-corrected chi connectivity index (χ3v) is 6.12. The number of carbonyl (C=O) groups excluding carboxylic acids is 1. The molecule has 4 aromatic heterocycles. The molecule has 36 heavy (non-hydrogen) atoms. The van der Waals surface area contributed by atoms with E-state index in [0.29, 0.717) is 49.9 Å². The SMILES string of the molecule is COc1ccc(C(=O)N2CCN(c3ccc(-c4nc(C)cc(Cc5cc(C)[nH]n5)n4)cn3)CC2)cn1. The Hall–Kier alpha value is -4.34. The van der Waals surface area contributed by atoms with Gasteiger partial charge in [-0.05, 0) is 44.2 Å². The van der Waals surface area contributed by atoms with Crippen LogP contribution in [0.25, 0.3) is 11.4 Å². The Balaban J connectivity index is 1.23. The first-order chi connectivity index (χ1) is 17.5. The topological polar surface area (TPSA) is 113 Å². The molecule has 4 aromatic rings. The summed E-state index contributed by atoms with van der Waals surface area (Å²) in [6.07, 6.45) is 4.01. The molecule has 1 N–H and O–H groups in total. The van der Waals surface area contributed by atoms with E-state index >= 15 is 0 Å².